The predicted octanol–water partition coefficient (Wildman–Crippen LogP) is 7.26. The highest BCUT2D eigenvalue weighted by Crippen LogP contribution is 2.41. The van der Waals surface area contributed by atoms with Crippen LogP contribution in [0.5, 0.6) is 0 Å². The molecular formula is C32H41N3O. The number of aryl methyl sites for hydroxylation is 2. The zero-order valence-corrected chi connectivity index (χ0v) is 22.6. The van der Waals surface area contributed by atoms with Crippen LogP contribution < -0.4 is 0 Å². The number of hydrogen-bond donors (Lipinski definition) is 1. The van der Waals surface area contributed by atoms with Crippen LogP contribution in [0.2, 0.25) is 0 Å². The maximum atomic E-state index is 13.3. The zero-order chi connectivity index (χ0) is 25.4. The average Bonchev–Trinajstić information content (AvgIpc) is 3.51. The first-order valence-corrected chi connectivity index (χ1v) is 13.8. The molecule has 1 aliphatic carbocycles. The van der Waals surface area contributed by atoms with Crippen LogP contribution in [0, 0.1) is 37.5 Å². The number of nitrogens with one attached hydrogen (secondary N) is 1. The lowest BCUT2D eigenvalue weighted by Gasteiger charge is -2.22. The molecule has 4 nitrogen and oxygen atoms in total. The van der Waals surface area contributed by atoms with Gasteiger partial charge in [-0.15, -0.1) is 0 Å². The minimum Gasteiger partial charge on any atom is -0.342 e. The number of benzene rings is 2. The fraction of sp³-hybridized carbons (Fsp3) is 0.500. The number of aromatic nitrogens is 2. The zero-order valence-electron chi connectivity index (χ0n) is 22.6. The molecule has 1 N–H and O–H groups in total. The summed E-state index contributed by atoms with van der Waals surface area (Å²) < 4.78 is 0. The summed E-state index contributed by atoms with van der Waals surface area (Å²) in [5.41, 5.74) is 8.49. The highest BCUT2D eigenvalue weighted by Gasteiger charge is 2.40. The van der Waals surface area contributed by atoms with Crippen LogP contribution in [0.4, 0.5) is 0 Å². The Morgan fingerprint density at radius 2 is 1.81 bits per heavy atom. The summed E-state index contributed by atoms with van der Waals surface area (Å²) in [4.78, 5) is 23.3. The van der Waals surface area contributed by atoms with Gasteiger partial charge in [0.1, 0.15) is 5.82 Å². The Morgan fingerprint density at radius 3 is 2.53 bits per heavy atom. The van der Waals surface area contributed by atoms with Crippen molar-refractivity contribution < 1.29 is 4.79 Å². The second-order valence-electron chi connectivity index (χ2n) is 11.6. The number of allylic oxidation sites excluding steroid dienone is 1. The van der Waals surface area contributed by atoms with E-state index in [9.17, 15) is 4.79 Å². The average molecular weight is 484 g/mol. The molecule has 5 rings (SSSR count). The number of imidazole rings is 1. The first-order chi connectivity index (χ1) is 17.3. The van der Waals surface area contributed by atoms with Crippen molar-refractivity contribution in [3.63, 3.8) is 0 Å². The van der Waals surface area contributed by atoms with Crippen LogP contribution in [0.3, 0.4) is 0 Å². The predicted molar refractivity (Wildman–Crippen MR) is 149 cm³/mol. The number of fused-ring (bicyclic) bond motifs is 2. The summed E-state index contributed by atoms with van der Waals surface area (Å²) in [6, 6.07) is 13.2. The van der Waals surface area contributed by atoms with Crippen molar-refractivity contribution in [3.8, 4) is 11.1 Å². The third kappa shape index (κ3) is 5.14. The van der Waals surface area contributed by atoms with Gasteiger partial charge in [0.2, 0.25) is 5.91 Å². The molecule has 1 amide bonds. The van der Waals surface area contributed by atoms with Crippen molar-refractivity contribution in [3.05, 3.63) is 65.0 Å². The summed E-state index contributed by atoms with van der Waals surface area (Å²) in [5, 5.41) is 0. The fourth-order valence-electron chi connectivity index (χ4n) is 6.65. The summed E-state index contributed by atoms with van der Waals surface area (Å²) in [6.45, 7) is 13.0. The highest BCUT2D eigenvalue weighted by molar-refractivity contribution is 5.82. The molecule has 1 saturated heterocycles. The van der Waals surface area contributed by atoms with Gasteiger partial charge in [-0.3, -0.25) is 4.79 Å². The van der Waals surface area contributed by atoms with Crippen LogP contribution in [-0.4, -0.2) is 33.9 Å². The van der Waals surface area contributed by atoms with E-state index in [1.807, 2.05) is 6.92 Å². The van der Waals surface area contributed by atoms with E-state index >= 15 is 0 Å². The second kappa shape index (κ2) is 10.2. The van der Waals surface area contributed by atoms with Crippen LogP contribution in [-0.2, 0) is 11.2 Å². The van der Waals surface area contributed by atoms with E-state index in [-0.39, 0.29) is 0 Å². The number of aromatic amines is 1. The minimum absolute atomic E-state index is 0.331. The van der Waals surface area contributed by atoms with Crippen molar-refractivity contribution in [2.45, 2.75) is 66.7 Å². The standard InChI is InChI=1S/C32H41N3O/c1-6-7-24(17-32(36)35-18-28-12-20(2)13-29(28)19-35)22(4)14-27-15-25(9-8-21(27)3)26-10-11-30-31(16-26)34-23(5)33-30/h7-11,15-16,20,22,28-29H,6,12-14,17-19H2,1-5H3,(H,33,34). The molecule has 1 aromatic heterocycles. The first kappa shape index (κ1) is 24.8. The van der Waals surface area contributed by atoms with Crippen molar-refractivity contribution >= 4 is 16.9 Å². The van der Waals surface area contributed by atoms with Crippen molar-refractivity contribution in [2.24, 2.45) is 23.7 Å². The number of nitrogens with zero attached hydrogens (tertiary/aromatic N) is 2. The molecule has 2 aliphatic rings. The Labute approximate surface area is 216 Å². The number of rotatable bonds is 7. The van der Waals surface area contributed by atoms with Gasteiger partial charge in [0, 0.05) is 19.5 Å². The lowest BCUT2D eigenvalue weighted by Crippen LogP contribution is -2.30. The number of carbonyl (C=O) groups is 1. The summed E-state index contributed by atoms with van der Waals surface area (Å²) in [7, 11) is 0. The van der Waals surface area contributed by atoms with Gasteiger partial charge in [0.05, 0.1) is 11.0 Å². The molecule has 36 heavy (non-hydrogen) atoms. The maximum Gasteiger partial charge on any atom is 0.226 e. The quantitative estimate of drug-likeness (QED) is 0.360. The van der Waals surface area contributed by atoms with Crippen molar-refractivity contribution in [2.75, 3.05) is 13.1 Å². The number of H-pyrrole nitrogens is 1. The maximum absolute atomic E-state index is 13.3. The molecule has 1 aliphatic heterocycles. The van der Waals surface area contributed by atoms with Crippen LogP contribution in [0.15, 0.2) is 48.0 Å². The number of likely N-dealkylation sites (tertiary alicyclic amines) is 1. The van der Waals surface area contributed by atoms with Gasteiger partial charge in [-0.1, -0.05) is 56.7 Å². The Bertz CT molecular complexity index is 1270. The topological polar surface area (TPSA) is 49.0 Å². The number of carbonyl (C=O) groups excluding carboxylic acids is 1. The third-order valence-electron chi connectivity index (χ3n) is 8.60. The molecular weight excluding hydrogens is 442 g/mol. The highest BCUT2D eigenvalue weighted by atomic mass is 16.2. The van der Waals surface area contributed by atoms with Crippen LogP contribution in [0.1, 0.15) is 63.4 Å². The molecule has 2 heterocycles. The Morgan fingerprint density at radius 1 is 1.11 bits per heavy atom. The van der Waals surface area contributed by atoms with Gasteiger partial charge in [0.25, 0.3) is 0 Å². The molecule has 190 valence electrons. The van der Waals surface area contributed by atoms with Gasteiger partial charge in [-0.25, -0.2) is 4.98 Å². The van der Waals surface area contributed by atoms with Crippen LogP contribution in [0.25, 0.3) is 22.2 Å². The van der Waals surface area contributed by atoms with Gasteiger partial charge in [-0.2, -0.15) is 0 Å². The van der Waals surface area contributed by atoms with E-state index in [0.717, 1.165) is 60.5 Å². The molecule has 0 spiro atoms. The third-order valence-corrected chi connectivity index (χ3v) is 8.60. The number of amides is 1. The first-order valence-electron chi connectivity index (χ1n) is 13.8. The molecule has 1 saturated carbocycles. The van der Waals surface area contributed by atoms with E-state index < -0.39 is 0 Å². The minimum atomic E-state index is 0.331. The van der Waals surface area contributed by atoms with Gasteiger partial charge < -0.3 is 9.88 Å². The monoisotopic (exact) mass is 483 g/mol. The lowest BCUT2D eigenvalue weighted by molar-refractivity contribution is -0.129. The molecule has 4 heteroatoms. The summed E-state index contributed by atoms with van der Waals surface area (Å²) >= 11 is 0. The van der Waals surface area contributed by atoms with Gasteiger partial charge in [-0.05, 0) is 97.6 Å². The van der Waals surface area contributed by atoms with Crippen molar-refractivity contribution in [1.82, 2.24) is 14.9 Å². The number of hydrogen-bond acceptors (Lipinski definition) is 2. The fourth-order valence-corrected chi connectivity index (χ4v) is 6.65. The van der Waals surface area contributed by atoms with Gasteiger partial charge >= 0.3 is 0 Å². The van der Waals surface area contributed by atoms with E-state index in [1.54, 1.807) is 0 Å². The lowest BCUT2D eigenvalue weighted by atomic mass is 9.87. The van der Waals surface area contributed by atoms with E-state index in [4.69, 9.17) is 0 Å². The molecule has 0 bridgehead atoms. The van der Waals surface area contributed by atoms with E-state index in [0.29, 0.717) is 18.2 Å². The molecule has 3 unspecified atom stereocenters. The molecule has 0 radical (unpaired) electrons. The molecule has 3 aromatic rings. The smallest absolute Gasteiger partial charge is 0.226 e. The van der Waals surface area contributed by atoms with E-state index in [2.05, 4.69) is 85.0 Å². The summed E-state index contributed by atoms with van der Waals surface area (Å²) in [5.74, 6) is 3.90. The largest absolute Gasteiger partial charge is 0.342 e. The molecule has 2 fully saturated rings. The Kier molecular flexibility index (Phi) is 7.05. The molecule has 3 atom stereocenters. The Balaban J connectivity index is 1.29. The normalized spacial score (nSPS) is 22.9. The van der Waals surface area contributed by atoms with Crippen molar-refractivity contribution in [1.29, 1.82) is 0 Å². The SMILES string of the molecule is CCC=C(CC(=O)N1CC2CC(C)CC2C1)C(C)Cc1cc(-c2ccc3nc(C)[nH]c3c2)ccc1C. The van der Waals surface area contributed by atoms with E-state index in [1.165, 1.54) is 40.7 Å². The summed E-state index contributed by atoms with van der Waals surface area (Å²) in [6.07, 6.45) is 7.38. The Hall–Kier alpha value is -2.88. The molecule has 2 aromatic carbocycles. The van der Waals surface area contributed by atoms with Crippen LogP contribution >= 0.6 is 0 Å². The second-order valence-corrected chi connectivity index (χ2v) is 11.6. The van der Waals surface area contributed by atoms with Gasteiger partial charge in [0.15, 0.2) is 0 Å².